The molecule has 2 rings (SSSR count). The van der Waals surface area contributed by atoms with Gasteiger partial charge in [-0.3, -0.25) is 9.69 Å². The molecule has 4 atom stereocenters. The number of likely N-dealkylation sites (N-methyl/N-ethyl adjacent to an activating group) is 1. The Labute approximate surface area is 128 Å². The van der Waals surface area contributed by atoms with Crippen LogP contribution >= 0.6 is 0 Å². The number of nitrogens with zero attached hydrogens (tertiary/aromatic N) is 1. The number of benzene rings is 1. The maximum Gasteiger partial charge on any atom is 0.302 e. The minimum atomic E-state index is -0.176. The van der Waals surface area contributed by atoms with Crippen molar-refractivity contribution in [2.24, 2.45) is 0 Å². The molecule has 1 heterocycles. The molecular weight excluding hydrogens is 262 g/mol. The van der Waals surface area contributed by atoms with E-state index in [1.807, 2.05) is 6.07 Å². The molecule has 3 heteroatoms. The van der Waals surface area contributed by atoms with Crippen LogP contribution in [0, 0.1) is 0 Å². The van der Waals surface area contributed by atoms with Crippen molar-refractivity contribution in [2.45, 2.75) is 64.1 Å². The summed E-state index contributed by atoms with van der Waals surface area (Å²) >= 11 is 0. The summed E-state index contributed by atoms with van der Waals surface area (Å²) in [5.74, 6) is 0.0758. The first-order valence-corrected chi connectivity index (χ1v) is 8.00. The average molecular weight is 289 g/mol. The summed E-state index contributed by atoms with van der Waals surface area (Å²) in [6, 6.07) is 11.1. The molecule has 0 amide bonds. The van der Waals surface area contributed by atoms with Gasteiger partial charge in [0.2, 0.25) is 0 Å². The molecule has 1 aromatic rings. The second kappa shape index (κ2) is 7.08. The molecule has 0 aromatic heterocycles. The molecule has 116 valence electrons. The van der Waals surface area contributed by atoms with Gasteiger partial charge in [0.15, 0.2) is 0 Å². The fraction of sp³-hybridized carbons (Fsp3) is 0.611. The highest BCUT2D eigenvalue weighted by Crippen LogP contribution is 2.40. The third-order valence-corrected chi connectivity index (χ3v) is 4.76. The molecule has 1 saturated heterocycles. The highest BCUT2D eigenvalue weighted by Gasteiger charge is 2.47. The van der Waals surface area contributed by atoms with Crippen LogP contribution in [0.2, 0.25) is 0 Å². The van der Waals surface area contributed by atoms with Gasteiger partial charge in [0.1, 0.15) is 6.10 Å². The van der Waals surface area contributed by atoms with Gasteiger partial charge in [-0.05, 0) is 26.0 Å². The monoisotopic (exact) mass is 289 g/mol. The molecule has 0 radical (unpaired) electrons. The van der Waals surface area contributed by atoms with Crippen molar-refractivity contribution in [2.75, 3.05) is 7.05 Å². The highest BCUT2D eigenvalue weighted by molar-refractivity contribution is 5.66. The second-order valence-electron chi connectivity index (χ2n) is 6.13. The predicted octanol–water partition coefficient (Wildman–Crippen LogP) is 3.59. The zero-order valence-electron chi connectivity index (χ0n) is 13.6. The molecule has 0 saturated carbocycles. The fourth-order valence-electron chi connectivity index (χ4n) is 3.57. The van der Waals surface area contributed by atoms with Gasteiger partial charge in [-0.15, -0.1) is 0 Å². The van der Waals surface area contributed by atoms with Crippen LogP contribution < -0.4 is 0 Å². The van der Waals surface area contributed by atoms with Crippen molar-refractivity contribution in [1.82, 2.24) is 4.90 Å². The standard InChI is InChI=1S/C18H27NO2/c1-5-6-12-16-18(21-14(3)20)17(13(2)19(16)4)15-10-8-7-9-11-15/h7-11,13,16-18H,5-6,12H2,1-4H3/t13-,16-,17+,18-/m0/s1. The summed E-state index contributed by atoms with van der Waals surface area (Å²) < 4.78 is 5.75. The second-order valence-corrected chi connectivity index (χ2v) is 6.13. The Balaban J connectivity index is 2.29. The molecule has 1 aliphatic rings. The van der Waals surface area contributed by atoms with Crippen molar-refractivity contribution in [3.8, 4) is 0 Å². The number of ether oxygens (including phenoxy) is 1. The van der Waals surface area contributed by atoms with Crippen molar-refractivity contribution in [3.05, 3.63) is 35.9 Å². The first-order chi connectivity index (χ1) is 10.1. The topological polar surface area (TPSA) is 29.5 Å². The summed E-state index contributed by atoms with van der Waals surface area (Å²) in [5.41, 5.74) is 1.27. The van der Waals surface area contributed by atoms with Gasteiger partial charge < -0.3 is 4.74 Å². The lowest BCUT2D eigenvalue weighted by Gasteiger charge is -2.26. The number of hydrogen-bond donors (Lipinski definition) is 0. The third kappa shape index (κ3) is 3.46. The largest absolute Gasteiger partial charge is 0.460 e. The summed E-state index contributed by atoms with van der Waals surface area (Å²) in [5, 5.41) is 0. The average Bonchev–Trinajstić information content (AvgIpc) is 2.69. The van der Waals surface area contributed by atoms with Gasteiger partial charge in [0, 0.05) is 24.9 Å². The van der Waals surface area contributed by atoms with Crippen LogP contribution in [0.25, 0.3) is 0 Å². The van der Waals surface area contributed by atoms with Crippen molar-refractivity contribution in [3.63, 3.8) is 0 Å². The van der Waals surface area contributed by atoms with Crippen LogP contribution in [0.4, 0.5) is 0 Å². The smallest absolute Gasteiger partial charge is 0.302 e. The third-order valence-electron chi connectivity index (χ3n) is 4.76. The van der Waals surface area contributed by atoms with E-state index in [1.165, 1.54) is 25.3 Å². The number of hydrogen-bond acceptors (Lipinski definition) is 3. The van der Waals surface area contributed by atoms with Gasteiger partial charge in [-0.2, -0.15) is 0 Å². The minimum Gasteiger partial charge on any atom is -0.460 e. The van der Waals surface area contributed by atoms with Crippen molar-refractivity contribution >= 4 is 5.97 Å². The van der Waals surface area contributed by atoms with Crippen LogP contribution in [0.5, 0.6) is 0 Å². The Morgan fingerprint density at radius 3 is 2.52 bits per heavy atom. The van der Waals surface area contributed by atoms with Crippen molar-refractivity contribution in [1.29, 1.82) is 0 Å². The molecule has 0 N–H and O–H groups in total. The maximum absolute atomic E-state index is 11.6. The molecule has 3 nitrogen and oxygen atoms in total. The Hall–Kier alpha value is -1.35. The quantitative estimate of drug-likeness (QED) is 0.776. The van der Waals surface area contributed by atoms with E-state index >= 15 is 0 Å². The van der Waals surface area contributed by atoms with Crippen LogP contribution in [-0.2, 0) is 9.53 Å². The molecule has 1 fully saturated rings. The molecule has 1 aromatic carbocycles. The number of carbonyl (C=O) groups excluding carboxylic acids is 1. The minimum absolute atomic E-state index is 0.0450. The Bertz CT molecular complexity index is 460. The van der Waals surface area contributed by atoms with E-state index < -0.39 is 0 Å². The van der Waals surface area contributed by atoms with E-state index in [-0.39, 0.29) is 18.0 Å². The molecule has 21 heavy (non-hydrogen) atoms. The molecule has 0 bridgehead atoms. The molecule has 1 aliphatic heterocycles. The van der Waals surface area contributed by atoms with Gasteiger partial charge in [0.05, 0.1) is 0 Å². The normalized spacial score (nSPS) is 29.5. The lowest BCUT2D eigenvalue weighted by atomic mass is 9.88. The summed E-state index contributed by atoms with van der Waals surface area (Å²) in [4.78, 5) is 14.0. The van der Waals surface area contributed by atoms with Crippen LogP contribution in [0.15, 0.2) is 30.3 Å². The predicted molar refractivity (Wildman–Crippen MR) is 85.3 cm³/mol. The Morgan fingerprint density at radius 2 is 1.95 bits per heavy atom. The number of likely N-dealkylation sites (tertiary alicyclic amines) is 1. The lowest BCUT2D eigenvalue weighted by Crippen LogP contribution is -2.36. The molecule has 0 aliphatic carbocycles. The van der Waals surface area contributed by atoms with Crippen LogP contribution in [-0.4, -0.2) is 36.1 Å². The highest BCUT2D eigenvalue weighted by atomic mass is 16.5. The SMILES string of the molecule is CCCC[C@H]1[C@H](OC(C)=O)[C@@H](c2ccccc2)[C@H](C)N1C. The number of esters is 1. The van der Waals surface area contributed by atoms with Crippen LogP contribution in [0.3, 0.4) is 0 Å². The number of carbonyl (C=O) groups is 1. The summed E-state index contributed by atoms with van der Waals surface area (Å²) in [6.07, 6.45) is 3.37. The molecule has 0 spiro atoms. The zero-order chi connectivity index (χ0) is 15.4. The van der Waals surface area contributed by atoms with E-state index in [0.29, 0.717) is 12.1 Å². The maximum atomic E-state index is 11.6. The Morgan fingerprint density at radius 1 is 1.29 bits per heavy atom. The van der Waals surface area contributed by atoms with Gasteiger partial charge in [0.25, 0.3) is 0 Å². The summed E-state index contributed by atoms with van der Waals surface area (Å²) in [6.45, 7) is 5.95. The Kier molecular flexibility index (Phi) is 5.40. The van der Waals surface area contributed by atoms with E-state index in [4.69, 9.17) is 4.74 Å². The lowest BCUT2D eigenvalue weighted by molar-refractivity contribution is -0.148. The molecular formula is C18H27NO2. The van der Waals surface area contributed by atoms with Gasteiger partial charge >= 0.3 is 5.97 Å². The van der Waals surface area contributed by atoms with E-state index in [1.54, 1.807) is 0 Å². The summed E-state index contributed by atoms with van der Waals surface area (Å²) in [7, 11) is 2.16. The fourth-order valence-corrected chi connectivity index (χ4v) is 3.57. The molecule has 0 unspecified atom stereocenters. The first-order valence-electron chi connectivity index (χ1n) is 8.00. The number of unbranched alkanes of at least 4 members (excludes halogenated alkanes) is 1. The van der Waals surface area contributed by atoms with Crippen LogP contribution in [0.1, 0.15) is 51.5 Å². The van der Waals surface area contributed by atoms with E-state index in [2.05, 4.69) is 50.1 Å². The van der Waals surface area contributed by atoms with Crippen molar-refractivity contribution < 1.29 is 9.53 Å². The van der Waals surface area contributed by atoms with Gasteiger partial charge in [-0.1, -0.05) is 50.1 Å². The van der Waals surface area contributed by atoms with E-state index in [9.17, 15) is 4.79 Å². The van der Waals surface area contributed by atoms with E-state index in [0.717, 1.165) is 6.42 Å². The first kappa shape index (κ1) is 16.0. The van der Waals surface area contributed by atoms with Gasteiger partial charge in [-0.25, -0.2) is 0 Å². The number of rotatable bonds is 5. The zero-order valence-corrected chi connectivity index (χ0v) is 13.6.